The molecule has 9 nitrogen and oxygen atoms in total. The Morgan fingerprint density at radius 1 is 0.738 bits per heavy atom. The standard InChI is InChI=1S/C33H33N9/c34-16-17-8-7-15-24-25(17)33-41-31-23-14-6-5-13-22(23)29(39-31)37-27-19-10-2-1-9-18(19)26(35-27)36-28-20-11-3-4-12-21(20)30(38-28)40-32(24)42-33/h1-14,16-17,20-23,28-30,34-38,40,42H,15H2,(H,39,41). The number of nitrogens with one attached hydrogen (secondary N) is 8. The number of amidine groups is 1. The monoisotopic (exact) mass is 555 g/mol. The van der Waals surface area contributed by atoms with Crippen LogP contribution in [-0.4, -0.2) is 40.5 Å². The second kappa shape index (κ2) is 9.12. The molecule has 3 aliphatic heterocycles. The molecule has 6 aliphatic rings. The molecule has 5 heterocycles. The number of aromatic nitrogens is 2. The summed E-state index contributed by atoms with van der Waals surface area (Å²) in [5, 5.41) is 29.6. The van der Waals surface area contributed by atoms with Gasteiger partial charge in [-0.15, -0.1) is 0 Å². The summed E-state index contributed by atoms with van der Waals surface area (Å²) in [6, 6.07) is 8.51. The lowest BCUT2D eigenvalue weighted by atomic mass is 9.87. The van der Waals surface area contributed by atoms with Crippen molar-refractivity contribution in [3.8, 4) is 0 Å². The molecule has 1 fully saturated rings. The second-order valence-electron chi connectivity index (χ2n) is 11.9. The number of anilines is 4. The molecule has 2 aromatic heterocycles. The van der Waals surface area contributed by atoms with E-state index in [0.29, 0.717) is 0 Å². The molecule has 9 heteroatoms. The van der Waals surface area contributed by atoms with Crippen LogP contribution in [-0.2, 0) is 6.42 Å². The predicted molar refractivity (Wildman–Crippen MR) is 170 cm³/mol. The molecule has 1 saturated heterocycles. The van der Waals surface area contributed by atoms with Crippen molar-refractivity contribution in [2.75, 3.05) is 21.3 Å². The molecule has 8 atom stereocenters. The maximum Gasteiger partial charge on any atom is 0.129 e. The van der Waals surface area contributed by atoms with Crippen LogP contribution in [0, 0.1) is 29.1 Å². The van der Waals surface area contributed by atoms with Gasteiger partial charge >= 0.3 is 0 Å². The Balaban J connectivity index is 1.21. The largest absolute Gasteiger partial charge is 0.355 e. The highest BCUT2D eigenvalue weighted by Crippen LogP contribution is 2.43. The first-order valence-electron chi connectivity index (χ1n) is 14.9. The minimum absolute atomic E-state index is 0.00404. The van der Waals surface area contributed by atoms with Gasteiger partial charge in [0.1, 0.15) is 35.3 Å². The Hall–Kier alpha value is -4.76. The molecule has 8 N–H and O–H groups in total. The van der Waals surface area contributed by atoms with Crippen molar-refractivity contribution in [3.05, 3.63) is 96.2 Å². The number of hydrogen-bond acceptors (Lipinski definition) is 7. The van der Waals surface area contributed by atoms with Crippen LogP contribution in [0.15, 0.2) is 90.0 Å². The van der Waals surface area contributed by atoms with E-state index in [1.165, 1.54) is 11.8 Å². The Labute approximate surface area is 243 Å². The molecule has 8 bridgehead atoms. The maximum absolute atomic E-state index is 8.21. The molecule has 1 aromatic carbocycles. The molecule has 0 saturated carbocycles. The van der Waals surface area contributed by atoms with Gasteiger partial charge in [-0.05, 0) is 6.42 Å². The second-order valence-corrected chi connectivity index (χ2v) is 11.9. The van der Waals surface area contributed by atoms with Gasteiger partial charge in [0, 0.05) is 57.7 Å². The van der Waals surface area contributed by atoms with Crippen LogP contribution < -0.4 is 26.6 Å². The highest BCUT2D eigenvalue weighted by molar-refractivity contribution is 6.03. The molecule has 3 aliphatic carbocycles. The van der Waals surface area contributed by atoms with Crippen molar-refractivity contribution in [2.45, 2.75) is 30.8 Å². The fourth-order valence-corrected chi connectivity index (χ4v) is 7.68. The summed E-state index contributed by atoms with van der Waals surface area (Å²) in [5.41, 5.74) is 2.32. The van der Waals surface area contributed by atoms with Crippen LogP contribution in [0.3, 0.4) is 0 Å². The van der Waals surface area contributed by atoms with E-state index >= 15 is 0 Å². The normalized spacial score (nSPS) is 33.1. The Morgan fingerprint density at radius 2 is 1.40 bits per heavy atom. The summed E-state index contributed by atoms with van der Waals surface area (Å²) in [7, 11) is 0. The molecule has 8 unspecified atom stereocenters. The highest BCUT2D eigenvalue weighted by atomic mass is 15.3. The first-order chi connectivity index (χ1) is 20.7. The van der Waals surface area contributed by atoms with Crippen LogP contribution in [0.2, 0.25) is 0 Å². The summed E-state index contributed by atoms with van der Waals surface area (Å²) in [6.45, 7) is 0. The van der Waals surface area contributed by atoms with Crippen molar-refractivity contribution in [2.24, 2.45) is 28.7 Å². The zero-order chi connectivity index (χ0) is 27.8. The van der Waals surface area contributed by atoms with Gasteiger partial charge < -0.3 is 36.6 Å². The summed E-state index contributed by atoms with van der Waals surface area (Å²) in [5.74, 6) is 5.51. The van der Waals surface area contributed by atoms with Crippen molar-refractivity contribution < 1.29 is 0 Å². The zero-order valence-corrected chi connectivity index (χ0v) is 22.9. The minimum atomic E-state index is -0.145. The number of nitrogens with zero attached hydrogens (tertiary/aromatic N) is 1. The molecule has 9 rings (SSSR count). The average molecular weight is 556 g/mol. The lowest BCUT2D eigenvalue weighted by molar-refractivity contribution is 0.504. The average Bonchev–Trinajstić information content (AvgIpc) is 3.76. The molecule has 210 valence electrons. The number of aliphatic imine (C=N–C) groups is 1. The van der Waals surface area contributed by atoms with E-state index in [-0.39, 0.29) is 48.1 Å². The fraction of sp³-hybridized carbons (Fsp3) is 0.273. The van der Waals surface area contributed by atoms with Crippen LogP contribution in [0.1, 0.15) is 17.0 Å². The van der Waals surface area contributed by atoms with Gasteiger partial charge in [0.05, 0.1) is 12.3 Å². The van der Waals surface area contributed by atoms with E-state index in [1.807, 2.05) is 0 Å². The molecule has 0 radical (unpaired) electrons. The fourth-order valence-electron chi connectivity index (χ4n) is 7.68. The first kappa shape index (κ1) is 23.9. The minimum Gasteiger partial charge on any atom is -0.355 e. The third-order valence-electron chi connectivity index (χ3n) is 9.67. The SMILES string of the molecule is N=CC1C=CCc2c3[nH]c(c21)NC1=NC(Nc2[nH]c(c4ccccc24)NC2NC(N3)C3C=CC=CC23)C2C=CC=CC12. The summed E-state index contributed by atoms with van der Waals surface area (Å²) >= 11 is 0. The highest BCUT2D eigenvalue weighted by Gasteiger charge is 2.43. The van der Waals surface area contributed by atoms with Crippen LogP contribution in [0.25, 0.3) is 10.8 Å². The van der Waals surface area contributed by atoms with Crippen molar-refractivity contribution in [3.63, 3.8) is 0 Å². The van der Waals surface area contributed by atoms with Gasteiger partial charge in [-0.3, -0.25) is 5.32 Å². The Kier molecular flexibility index (Phi) is 5.19. The molecule has 0 spiro atoms. The number of aromatic amines is 2. The third kappa shape index (κ3) is 3.53. The van der Waals surface area contributed by atoms with E-state index in [0.717, 1.165) is 51.9 Å². The van der Waals surface area contributed by atoms with Gasteiger partial charge in [-0.1, -0.05) is 85.0 Å². The van der Waals surface area contributed by atoms with Gasteiger partial charge in [-0.25, -0.2) is 4.99 Å². The smallest absolute Gasteiger partial charge is 0.129 e. The molecular formula is C33H33N9. The summed E-state index contributed by atoms with van der Waals surface area (Å²) in [6.07, 6.45) is 24.1. The maximum atomic E-state index is 8.21. The lowest BCUT2D eigenvalue weighted by Crippen LogP contribution is -2.41. The van der Waals surface area contributed by atoms with E-state index in [4.69, 9.17) is 10.4 Å². The van der Waals surface area contributed by atoms with Gasteiger partial charge in [0.2, 0.25) is 0 Å². The third-order valence-corrected chi connectivity index (χ3v) is 9.67. The summed E-state index contributed by atoms with van der Waals surface area (Å²) in [4.78, 5) is 12.6. The Bertz CT molecular complexity index is 1780. The van der Waals surface area contributed by atoms with Crippen LogP contribution in [0.5, 0.6) is 0 Å². The van der Waals surface area contributed by atoms with Crippen molar-refractivity contribution >= 4 is 46.1 Å². The molecule has 42 heavy (non-hydrogen) atoms. The molecule has 3 aromatic rings. The van der Waals surface area contributed by atoms with E-state index in [9.17, 15) is 0 Å². The quantitative estimate of drug-likeness (QED) is 0.150. The number of rotatable bonds is 1. The van der Waals surface area contributed by atoms with Crippen molar-refractivity contribution in [1.29, 1.82) is 5.41 Å². The van der Waals surface area contributed by atoms with Crippen molar-refractivity contribution in [1.82, 2.24) is 15.3 Å². The van der Waals surface area contributed by atoms with Gasteiger partial charge in [-0.2, -0.15) is 0 Å². The topological polar surface area (TPSA) is 128 Å². The predicted octanol–water partition coefficient (Wildman–Crippen LogP) is 5.41. The number of hydrogen-bond donors (Lipinski definition) is 8. The summed E-state index contributed by atoms with van der Waals surface area (Å²) < 4.78 is 0. The number of fused-ring (bicyclic) bond motifs is 19. The Morgan fingerprint density at radius 3 is 2.17 bits per heavy atom. The lowest BCUT2D eigenvalue weighted by Gasteiger charge is -2.23. The van der Waals surface area contributed by atoms with E-state index in [1.54, 1.807) is 0 Å². The number of benzene rings is 1. The van der Waals surface area contributed by atoms with Crippen LogP contribution in [0.4, 0.5) is 23.3 Å². The van der Waals surface area contributed by atoms with E-state index in [2.05, 4.69) is 122 Å². The number of H-pyrrole nitrogens is 2. The first-order valence-corrected chi connectivity index (χ1v) is 14.9. The van der Waals surface area contributed by atoms with Gasteiger partial charge in [0.25, 0.3) is 0 Å². The van der Waals surface area contributed by atoms with Crippen LogP contribution >= 0.6 is 0 Å². The molecule has 0 amide bonds. The van der Waals surface area contributed by atoms with E-state index < -0.39 is 0 Å². The number of allylic oxidation sites excluding steroid dienone is 6. The van der Waals surface area contributed by atoms with Gasteiger partial charge in [0.15, 0.2) is 0 Å². The molecular weight excluding hydrogens is 522 g/mol. The zero-order valence-electron chi connectivity index (χ0n) is 22.9.